The normalized spacial score (nSPS) is 15.8. The highest BCUT2D eigenvalue weighted by Gasteiger charge is 2.39. The number of benzene rings is 2. The zero-order valence-corrected chi connectivity index (χ0v) is 16.3. The van der Waals surface area contributed by atoms with Gasteiger partial charge >= 0.3 is 6.03 Å². The van der Waals surface area contributed by atoms with Crippen LogP contribution < -0.4 is 20.1 Å². The van der Waals surface area contributed by atoms with Gasteiger partial charge in [0, 0.05) is 6.54 Å². The maximum Gasteiger partial charge on any atom is 0.325 e. The second kappa shape index (κ2) is 9.09. The van der Waals surface area contributed by atoms with Gasteiger partial charge in [-0.2, -0.15) is 0 Å². The molecule has 29 heavy (non-hydrogen) atoms. The SMILES string of the molecule is COc1ccc(CN2C(=O)N[C@H](CC(=O)NCc3ccccc3)C2=O)cc1OC. The van der Waals surface area contributed by atoms with Crippen LogP contribution in [0.1, 0.15) is 17.5 Å². The lowest BCUT2D eigenvalue weighted by Crippen LogP contribution is -2.36. The van der Waals surface area contributed by atoms with Crippen LogP contribution in [0.2, 0.25) is 0 Å². The van der Waals surface area contributed by atoms with E-state index >= 15 is 0 Å². The van der Waals surface area contributed by atoms with Crippen LogP contribution in [-0.2, 0) is 22.7 Å². The van der Waals surface area contributed by atoms with Gasteiger partial charge in [-0.15, -0.1) is 0 Å². The van der Waals surface area contributed by atoms with Crippen molar-refractivity contribution in [2.45, 2.75) is 25.6 Å². The second-order valence-electron chi connectivity index (χ2n) is 6.58. The van der Waals surface area contributed by atoms with E-state index in [-0.39, 0.29) is 18.9 Å². The molecule has 2 aromatic rings. The summed E-state index contributed by atoms with van der Waals surface area (Å²) in [4.78, 5) is 38.1. The summed E-state index contributed by atoms with van der Waals surface area (Å²) in [6.07, 6.45) is -0.111. The number of nitrogens with one attached hydrogen (secondary N) is 2. The molecule has 2 N–H and O–H groups in total. The first-order valence-corrected chi connectivity index (χ1v) is 9.15. The monoisotopic (exact) mass is 397 g/mol. The molecule has 152 valence electrons. The fourth-order valence-electron chi connectivity index (χ4n) is 3.08. The first-order valence-electron chi connectivity index (χ1n) is 9.15. The van der Waals surface area contributed by atoms with Gasteiger partial charge in [0.05, 0.1) is 27.2 Å². The lowest BCUT2D eigenvalue weighted by molar-refractivity contribution is -0.131. The highest BCUT2D eigenvalue weighted by Crippen LogP contribution is 2.28. The van der Waals surface area contributed by atoms with Gasteiger partial charge in [0.2, 0.25) is 5.91 Å². The van der Waals surface area contributed by atoms with Crippen LogP contribution in [-0.4, -0.2) is 43.0 Å². The lowest BCUT2D eigenvalue weighted by Gasteiger charge is -2.15. The first-order chi connectivity index (χ1) is 14.0. The largest absolute Gasteiger partial charge is 0.493 e. The molecule has 0 saturated carbocycles. The van der Waals surface area contributed by atoms with Gasteiger partial charge in [-0.25, -0.2) is 4.79 Å². The van der Waals surface area contributed by atoms with Gasteiger partial charge in [0.25, 0.3) is 5.91 Å². The first kappa shape index (κ1) is 20.2. The predicted octanol–water partition coefficient (Wildman–Crippen LogP) is 1.83. The summed E-state index contributed by atoms with van der Waals surface area (Å²) in [5.41, 5.74) is 1.66. The van der Waals surface area contributed by atoms with Gasteiger partial charge in [-0.3, -0.25) is 14.5 Å². The Morgan fingerprint density at radius 1 is 1.03 bits per heavy atom. The zero-order chi connectivity index (χ0) is 20.8. The lowest BCUT2D eigenvalue weighted by atomic mass is 10.1. The van der Waals surface area contributed by atoms with Crippen molar-refractivity contribution in [3.8, 4) is 11.5 Å². The van der Waals surface area contributed by atoms with E-state index in [1.807, 2.05) is 30.3 Å². The molecular weight excluding hydrogens is 374 g/mol. The van der Waals surface area contributed by atoms with Crippen molar-refractivity contribution in [2.75, 3.05) is 14.2 Å². The third-order valence-electron chi connectivity index (χ3n) is 4.62. The van der Waals surface area contributed by atoms with Crippen molar-refractivity contribution in [1.29, 1.82) is 0 Å². The van der Waals surface area contributed by atoms with Gasteiger partial charge in [-0.1, -0.05) is 36.4 Å². The molecular formula is C21H23N3O5. The summed E-state index contributed by atoms with van der Waals surface area (Å²) in [6, 6.07) is 13.2. The van der Waals surface area contributed by atoms with E-state index in [4.69, 9.17) is 9.47 Å². The van der Waals surface area contributed by atoms with Crippen LogP contribution in [0.25, 0.3) is 0 Å². The molecule has 1 heterocycles. The van der Waals surface area contributed by atoms with E-state index in [0.29, 0.717) is 23.6 Å². The second-order valence-corrected chi connectivity index (χ2v) is 6.58. The third-order valence-corrected chi connectivity index (χ3v) is 4.62. The molecule has 0 bridgehead atoms. The van der Waals surface area contributed by atoms with E-state index in [0.717, 1.165) is 10.5 Å². The zero-order valence-electron chi connectivity index (χ0n) is 16.3. The molecule has 3 rings (SSSR count). The van der Waals surface area contributed by atoms with E-state index in [2.05, 4.69) is 10.6 Å². The Morgan fingerprint density at radius 3 is 2.45 bits per heavy atom. The number of rotatable bonds is 8. The summed E-state index contributed by atoms with van der Waals surface area (Å²) in [7, 11) is 3.04. The molecule has 8 nitrogen and oxygen atoms in total. The van der Waals surface area contributed by atoms with Gasteiger partial charge in [-0.05, 0) is 23.3 Å². The van der Waals surface area contributed by atoms with Crippen molar-refractivity contribution < 1.29 is 23.9 Å². The molecule has 0 unspecified atom stereocenters. The number of carbonyl (C=O) groups is 3. The quantitative estimate of drug-likeness (QED) is 0.663. The minimum absolute atomic E-state index is 0.0765. The van der Waals surface area contributed by atoms with E-state index < -0.39 is 18.0 Å². The summed E-state index contributed by atoms with van der Waals surface area (Å²) in [5.74, 6) is 0.329. The van der Waals surface area contributed by atoms with Crippen LogP contribution in [0, 0.1) is 0 Å². The number of urea groups is 1. The third kappa shape index (κ3) is 4.84. The molecule has 8 heteroatoms. The molecule has 1 saturated heterocycles. The van der Waals surface area contributed by atoms with Crippen LogP contribution >= 0.6 is 0 Å². The molecule has 1 aliphatic heterocycles. The molecule has 0 aromatic heterocycles. The maximum absolute atomic E-state index is 12.6. The Labute approximate surface area is 168 Å². The molecule has 0 radical (unpaired) electrons. The number of ether oxygens (including phenoxy) is 2. The molecule has 0 aliphatic carbocycles. The Kier molecular flexibility index (Phi) is 6.33. The van der Waals surface area contributed by atoms with Gasteiger partial charge in [0.1, 0.15) is 6.04 Å². The number of hydrogen-bond acceptors (Lipinski definition) is 5. The van der Waals surface area contributed by atoms with Crippen LogP contribution in [0.4, 0.5) is 4.79 Å². The highest BCUT2D eigenvalue weighted by molar-refractivity contribution is 6.05. The number of amides is 4. The molecule has 2 aromatic carbocycles. The van der Waals surface area contributed by atoms with E-state index in [1.54, 1.807) is 18.2 Å². The van der Waals surface area contributed by atoms with Crippen molar-refractivity contribution in [3.05, 3.63) is 59.7 Å². The number of methoxy groups -OCH3 is 2. The summed E-state index contributed by atoms with van der Waals surface area (Å²) in [6.45, 7) is 0.442. The van der Waals surface area contributed by atoms with Crippen molar-refractivity contribution in [1.82, 2.24) is 15.5 Å². The number of imide groups is 1. The fraction of sp³-hybridized carbons (Fsp3) is 0.286. The highest BCUT2D eigenvalue weighted by atomic mass is 16.5. The van der Waals surface area contributed by atoms with Crippen LogP contribution in [0.5, 0.6) is 11.5 Å². The molecule has 1 atom stereocenters. The van der Waals surface area contributed by atoms with E-state index in [1.165, 1.54) is 14.2 Å². The predicted molar refractivity (Wildman–Crippen MR) is 105 cm³/mol. The van der Waals surface area contributed by atoms with E-state index in [9.17, 15) is 14.4 Å². The summed E-state index contributed by atoms with van der Waals surface area (Å²) in [5, 5.41) is 5.34. The van der Waals surface area contributed by atoms with Gasteiger partial charge < -0.3 is 20.1 Å². The topological polar surface area (TPSA) is 97.0 Å². The average Bonchev–Trinajstić information content (AvgIpc) is 3.00. The van der Waals surface area contributed by atoms with Crippen molar-refractivity contribution >= 4 is 17.8 Å². The average molecular weight is 397 g/mol. The maximum atomic E-state index is 12.6. The van der Waals surface area contributed by atoms with Gasteiger partial charge in [0.15, 0.2) is 11.5 Å². The number of hydrogen-bond donors (Lipinski definition) is 2. The minimum Gasteiger partial charge on any atom is -0.493 e. The van der Waals surface area contributed by atoms with Crippen molar-refractivity contribution in [2.24, 2.45) is 0 Å². The Balaban J connectivity index is 1.58. The molecule has 1 aliphatic rings. The van der Waals surface area contributed by atoms with Crippen LogP contribution in [0.15, 0.2) is 48.5 Å². The standard InChI is InChI=1S/C21H23N3O5/c1-28-17-9-8-15(10-18(17)29-2)13-24-20(26)16(23-21(24)27)11-19(25)22-12-14-6-4-3-5-7-14/h3-10,16H,11-13H2,1-2H3,(H,22,25)(H,23,27)/t16-/m1/s1. The summed E-state index contributed by atoms with van der Waals surface area (Å²) >= 11 is 0. The smallest absolute Gasteiger partial charge is 0.325 e. The Bertz CT molecular complexity index is 900. The summed E-state index contributed by atoms with van der Waals surface area (Å²) < 4.78 is 10.4. The molecule has 1 fully saturated rings. The number of nitrogens with zero attached hydrogens (tertiary/aromatic N) is 1. The number of carbonyl (C=O) groups excluding carboxylic acids is 3. The molecule has 4 amide bonds. The van der Waals surface area contributed by atoms with Crippen LogP contribution in [0.3, 0.4) is 0 Å². The Morgan fingerprint density at radius 2 is 1.76 bits per heavy atom. The Hall–Kier alpha value is -3.55. The molecule has 0 spiro atoms. The van der Waals surface area contributed by atoms with Crippen molar-refractivity contribution in [3.63, 3.8) is 0 Å². The fourth-order valence-corrected chi connectivity index (χ4v) is 3.08. The minimum atomic E-state index is -0.876.